The second kappa shape index (κ2) is 5.37. The van der Waals surface area contributed by atoms with E-state index in [1.807, 2.05) is 20.0 Å². The monoisotopic (exact) mass is 247 g/mol. The van der Waals surface area contributed by atoms with Crippen molar-refractivity contribution in [2.45, 2.75) is 44.6 Å². The summed E-state index contributed by atoms with van der Waals surface area (Å²) in [5, 5.41) is 0. The van der Waals surface area contributed by atoms with Gasteiger partial charge in [0.2, 0.25) is 0 Å². The van der Waals surface area contributed by atoms with E-state index in [1.54, 1.807) is 0 Å². The molecule has 1 spiro atoms. The van der Waals surface area contributed by atoms with E-state index in [9.17, 15) is 0 Å². The fraction of sp³-hybridized carbons (Fsp3) is 0.667. The summed E-state index contributed by atoms with van der Waals surface area (Å²) in [5.41, 5.74) is 9.26. The Morgan fingerprint density at radius 3 is 2.67 bits per heavy atom. The van der Waals surface area contributed by atoms with Gasteiger partial charge in [-0.15, -0.1) is 0 Å². The van der Waals surface area contributed by atoms with Crippen molar-refractivity contribution >= 4 is 0 Å². The van der Waals surface area contributed by atoms with Gasteiger partial charge in [-0.1, -0.05) is 19.9 Å². The predicted molar refractivity (Wildman–Crippen MR) is 75.7 cm³/mol. The molecule has 0 amide bonds. The number of hydrogen-bond donors (Lipinski definition) is 1. The minimum Gasteiger partial charge on any atom is -0.327 e. The summed E-state index contributed by atoms with van der Waals surface area (Å²) in [6, 6.07) is 4.56. The second-order valence-electron chi connectivity index (χ2n) is 5.27. The fourth-order valence-corrected chi connectivity index (χ4v) is 3.32. The van der Waals surface area contributed by atoms with E-state index in [2.05, 4.69) is 29.1 Å². The van der Waals surface area contributed by atoms with Crippen LogP contribution in [-0.2, 0) is 11.8 Å². The van der Waals surface area contributed by atoms with Gasteiger partial charge in [0.05, 0.1) is 0 Å². The van der Waals surface area contributed by atoms with Crippen molar-refractivity contribution in [3.8, 4) is 0 Å². The summed E-state index contributed by atoms with van der Waals surface area (Å²) >= 11 is 0. The van der Waals surface area contributed by atoms with Gasteiger partial charge in [0.15, 0.2) is 0 Å². The highest BCUT2D eigenvalue weighted by Gasteiger charge is 2.46. The lowest BCUT2D eigenvalue weighted by Gasteiger charge is -2.41. The van der Waals surface area contributed by atoms with Crippen LogP contribution in [0.3, 0.4) is 0 Å². The highest BCUT2D eigenvalue weighted by molar-refractivity contribution is 5.38. The Kier molecular flexibility index (Phi) is 4.03. The van der Waals surface area contributed by atoms with Crippen molar-refractivity contribution in [1.82, 2.24) is 9.88 Å². The highest BCUT2D eigenvalue weighted by atomic mass is 15.1. The zero-order chi connectivity index (χ0) is 13.2. The van der Waals surface area contributed by atoms with Gasteiger partial charge in [-0.2, -0.15) is 0 Å². The van der Waals surface area contributed by atoms with E-state index in [4.69, 9.17) is 5.73 Å². The molecule has 0 bridgehead atoms. The maximum atomic E-state index is 6.38. The van der Waals surface area contributed by atoms with Gasteiger partial charge in [-0.3, -0.25) is 4.98 Å². The first-order valence-electron chi connectivity index (χ1n) is 7.11. The van der Waals surface area contributed by atoms with Crippen LogP contribution in [0.25, 0.3) is 0 Å². The predicted octanol–water partition coefficient (Wildman–Crippen LogP) is 1.95. The van der Waals surface area contributed by atoms with E-state index in [0.717, 1.165) is 19.5 Å². The van der Waals surface area contributed by atoms with Crippen LogP contribution in [0.2, 0.25) is 0 Å². The minimum atomic E-state index is 0.218. The van der Waals surface area contributed by atoms with E-state index in [1.165, 1.54) is 24.1 Å². The van der Waals surface area contributed by atoms with Crippen LogP contribution in [0.5, 0.6) is 0 Å². The lowest BCUT2D eigenvalue weighted by molar-refractivity contribution is 0.172. The summed E-state index contributed by atoms with van der Waals surface area (Å²) in [6.07, 6.45) is 5.21. The maximum Gasteiger partial charge on any atom is 0.0457 e. The number of fused-ring (bicyclic) bond motifs is 2. The molecule has 0 unspecified atom stereocenters. The summed E-state index contributed by atoms with van der Waals surface area (Å²) in [6.45, 7) is 6.31. The maximum absolute atomic E-state index is 6.38. The Morgan fingerprint density at radius 1 is 1.33 bits per heavy atom. The Bertz CT molecular complexity index is 394. The first-order chi connectivity index (χ1) is 8.72. The van der Waals surface area contributed by atoms with Crippen LogP contribution in [0.15, 0.2) is 18.3 Å². The van der Waals surface area contributed by atoms with Crippen molar-refractivity contribution in [3.05, 3.63) is 29.6 Å². The van der Waals surface area contributed by atoms with Crippen molar-refractivity contribution < 1.29 is 0 Å². The number of nitrogens with zero attached hydrogens (tertiary/aromatic N) is 2. The quantitative estimate of drug-likeness (QED) is 0.762. The molecule has 0 saturated carbocycles. The van der Waals surface area contributed by atoms with Gasteiger partial charge >= 0.3 is 0 Å². The molecule has 1 fully saturated rings. The molecule has 1 aliphatic heterocycles. The van der Waals surface area contributed by atoms with E-state index in [0.29, 0.717) is 0 Å². The molecule has 18 heavy (non-hydrogen) atoms. The zero-order valence-corrected chi connectivity index (χ0v) is 11.8. The van der Waals surface area contributed by atoms with Crippen molar-refractivity contribution in [1.29, 1.82) is 0 Å². The normalized spacial score (nSPS) is 25.4. The third-order valence-corrected chi connectivity index (χ3v) is 4.43. The topological polar surface area (TPSA) is 42.2 Å². The molecule has 0 aromatic carbocycles. The van der Waals surface area contributed by atoms with Crippen LogP contribution in [0, 0.1) is 0 Å². The van der Waals surface area contributed by atoms with E-state index < -0.39 is 0 Å². The molecule has 3 rings (SSSR count). The molecule has 1 aromatic heterocycles. The van der Waals surface area contributed by atoms with Crippen molar-refractivity contribution in [2.75, 3.05) is 20.1 Å². The van der Waals surface area contributed by atoms with Gasteiger partial charge < -0.3 is 10.6 Å². The number of aromatic nitrogens is 1. The molecule has 100 valence electrons. The first-order valence-corrected chi connectivity index (χ1v) is 7.11. The van der Waals surface area contributed by atoms with Crippen LogP contribution in [-0.4, -0.2) is 36.1 Å². The molecule has 1 atom stereocenters. The average molecular weight is 247 g/mol. The Hall–Kier alpha value is -0.930. The molecule has 1 aromatic rings. The van der Waals surface area contributed by atoms with Gasteiger partial charge in [-0.25, -0.2) is 0 Å². The third-order valence-electron chi connectivity index (χ3n) is 4.43. The van der Waals surface area contributed by atoms with Gasteiger partial charge in [0.1, 0.15) is 0 Å². The number of likely N-dealkylation sites (tertiary alicyclic amines) is 1. The highest BCUT2D eigenvalue weighted by Crippen LogP contribution is 2.44. The number of rotatable bonds is 0. The summed E-state index contributed by atoms with van der Waals surface area (Å²) in [7, 11) is 2.19. The molecule has 3 heteroatoms. The lowest BCUT2D eigenvalue weighted by Crippen LogP contribution is -2.49. The lowest BCUT2D eigenvalue weighted by atomic mass is 9.72. The molecule has 2 aliphatic rings. The van der Waals surface area contributed by atoms with Crippen molar-refractivity contribution in [3.63, 3.8) is 0 Å². The van der Waals surface area contributed by atoms with E-state index in [-0.39, 0.29) is 11.5 Å². The molecule has 3 nitrogen and oxygen atoms in total. The molecule has 1 aliphatic carbocycles. The van der Waals surface area contributed by atoms with Crippen LogP contribution < -0.4 is 5.73 Å². The number of piperidine rings is 1. The number of nitrogens with two attached hydrogens (primary N) is 1. The molecular weight excluding hydrogens is 222 g/mol. The molecule has 0 radical (unpaired) electrons. The third kappa shape index (κ3) is 2.06. The van der Waals surface area contributed by atoms with E-state index >= 15 is 0 Å². The first kappa shape index (κ1) is 13.5. The standard InChI is InChI=1S/C13H19N3.C2H6/c1-16-7-4-13(5-8-16)10-3-2-6-15-11(10)9-12(13)14;1-2/h2-3,6,12H,4-5,7-9,14H2,1H3;1-2H3/t12-;/m1./s1. The summed E-state index contributed by atoms with van der Waals surface area (Å²) in [4.78, 5) is 6.88. The van der Waals surface area contributed by atoms with Crippen LogP contribution in [0.4, 0.5) is 0 Å². The average Bonchev–Trinajstić information content (AvgIpc) is 2.69. The second-order valence-corrected chi connectivity index (χ2v) is 5.27. The van der Waals surface area contributed by atoms with Crippen molar-refractivity contribution in [2.24, 2.45) is 5.73 Å². The van der Waals surface area contributed by atoms with Crippen LogP contribution >= 0.6 is 0 Å². The van der Waals surface area contributed by atoms with Crippen LogP contribution in [0.1, 0.15) is 37.9 Å². The molecule has 1 saturated heterocycles. The largest absolute Gasteiger partial charge is 0.327 e. The molecule has 2 heterocycles. The summed E-state index contributed by atoms with van der Waals surface area (Å²) < 4.78 is 0. The summed E-state index contributed by atoms with van der Waals surface area (Å²) in [5.74, 6) is 0. The number of pyridine rings is 1. The minimum absolute atomic E-state index is 0.218. The molecular formula is C15H25N3. The SMILES string of the molecule is CC.CN1CCC2(CC1)c1cccnc1C[C@H]2N. The zero-order valence-electron chi connectivity index (χ0n) is 11.8. The Balaban J connectivity index is 0.000000574. The molecule has 2 N–H and O–H groups in total. The van der Waals surface area contributed by atoms with Gasteiger partial charge in [-0.05, 0) is 44.6 Å². The Labute approximate surface area is 110 Å². The smallest absolute Gasteiger partial charge is 0.0457 e. The van der Waals surface area contributed by atoms with Gasteiger partial charge in [0.25, 0.3) is 0 Å². The number of hydrogen-bond acceptors (Lipinski definition) is 3. The fourth-order valence-electron chi connectivity index (χ4n) is 3.32. The Morgan fingerprint density at radius 2 is 2.00 bits per heavy atom. The van der Waals surface area contributed by atoms with Gasteiger partial charge in [0, 0.05) is 29.8 Å².